The number of nitrogens with one attached hydrogen (secondary N) is 2. The van der Waals surface area contributed by atoms with Crippen LogP contribution in [0.25, 0.3) is 0 Å². The molecular formula is C27H29N3O4. The number of primary amides is 1. The molecule has 34 heavy (non-hydrogen) atoms. The predicted molar refractivity (Wildman–Crippen MR) is 130 cm³/mol. The van der Waals surface area contributed by atoms with Crippen molar-refractivity contribution in [3.05, 3.63) is 102 Å². The summed E-state index contributed by atoms with van der Waals surface area (Å²) >= 11 is 0. The molecule has 0 unspecified atom stereocenters. The average Bonchev–Trinajstić information content (AvgIpc) is 2.83. The molecule has 0 heterocycles. The molecule has 3 amide bonds. The SMILES string of the molecule is CC(=O)N[C@H](Cc1ccccc1)C(=O)N[C@H](Cc1ccc(OCc2ccccc2)cc1)C(N)=O. The van der Waals surface area contributed by atoms with Crippen molar-refractivity contribution in [3.8, 4) is 5.75 Å². The minimum Gasteiger partial charge on any atom is -0.489 e. The fraction of sp³-hybridized carbons (Fsp3) is 0.222. The van der Waals surface area contributed by atoms with Gasteiger partial charge in [-0.2, -0.15) is 0 Å². The Balaban J connectivity index is 1.61. The summed E-state index contributed by atoms with van der Waals surface area (Å²) in [6.45, 7) is 1.80. The van der Waals surface area contributed by atoms with E-state index in [2.05, 4.69) is 10.6 Å². The Labute approximate surface area is 199 Å². The fourth-order valence-corrected chi connectivity index (χ4v) is 3.50. The zero-order chi connectivity index (χ0) is 24.3. The van der Waals surface area contributed by atoms with Gasteiger partial charge in [-0.3, -0.25) is 14.4 Å². The number of carbonyl (C=O) groups excluding carboxylic acids is 3. The van der Waals surface area contributed by atoms with Crippen molar-refractivity contribution in [3.63, 3.8) is 0 Å². The van der Waals surface area contributed by atoms with E-state index in [-0.39, 0.29) is 12.3 Å². The molecule has 0 radical (unpaired) electrons. The smallest absolute Gasteiger partial charge is 0.243 e. The quantitative estimate of drug-likeness (QED) is 0.409. The maximum Gasteiger partial charge on any atom is 0.243 e. The van der Waals surface area contributed by atoms with Crippen LogP contribution in [0.2, 0.25) is 0 Å². The number of carbonyl (C=O) groups is 3. The molecule has 0 fully saturated rings. The van der Waals surface area contributed by atoms with Crippen molar-refractivity contribution >= 4 is 17.7 Å². The van der Waals surface area contributed by atoms with Crippen LogP contribution in [0.3, 0.4) is 0 Å². The van der Waals surface area contributed by atoms with Crippen molar-refractivity contribution in [2.24, 2.45) is 5.73 Å². The van der Waals surface area contributed by atoms with Crippen LogP contribution in [0.5, 0.6) is 5.75 Å². The van der Waals surface area contributed by atoms with Gasteiger partial charge in [-0.1, -0.05) is 72.8 Å². The number of ether oxygens (including phenoxy) is 1. The van der Waals surface area contributed by atoms with Gasteiger partial charge in [-0.15, -0.1) is 0 Å². The van der Waals surface area contributed by atoms with Crippen LogP contribution in [0.4, 0.5) is 0 Å². The maximum atomic E-state index is 12.9. The molecule has 7 heteroatoms. The lowest BCUT2D eigenvalue weighted by Gasteiger charge is -2.22. The number of rotatable bonds is 11. The number of benzene rings is 3. The summed E-state index contributed by atoms with van der Waals surface area (Å²) in [5.74, 6) is -0.761. The Kier molecular flexibility index (Phi) is 8.80. The van der Waals surface area contributed by atoms with Gasteiger partial charge < -0.3 is 21.1 Å². The third kappa shape index (κ3) is 7.78. The molecular weight excluding hydrogens is 430 g/mol. The lowest BCUT2D eigenvalue weighted by atomic mass is 10.0. The standard InChI is InChI=1S/C27H29N3O4/c1-19(31)29-25(17-20-8-4-2-5-9-20)27(33)30-24(26(28)32)16-21-12-14-23(15-13-21)34-18-22-10-6-3-7-11-22/h2-15,24-25H,16-18H2,1H3,(H2,28,32)(H,29,31)(H,30,33)/t24-,25-/m1/s1. The van der Waals surface area contributed by atoms with Crippen LogP contribution < -0.4 is 21.1 Å². The molecule has 0 aliphatic rings. The average molecular weight is 460 g/mol. The van der Waals surface area contributed by atoms with Crippen molar-refractivity contribution < 1.29 is 19.1 Å². The van der Waals surface area contributed by atoms with Gasteiger partial charge in [0.1, 0.15) is 24.4 Å². The largest absolute Gasteiger partial charge is 0.489 e. The lowest BCUT2D eigenvalue weighted by Crippen LogP contribution is -2.54. The van der Waals surface area contributed by atoms with Gasteiger partial charge in [0, 0.05) is 19.8 Å². The van der Waals surface area contributed by atoms with Crippen molar-refractivity contribution in [2.45, 2.75) is 38.5 Å². The molecule has 2 atom stereocenters. The molecule has 0 bridgehead atoms. The highest BCUT2D eigenvalue weighted by atomic mass is 16.5. The lowest BCUT2D eigenvalue weighted by molar-refractivity contribution is -0.130. The molecule has 0 aromatic heterocycles. The molecule has 0 saturated heterocycles. The summed E-state index contributed by atoms with van der Waals surface area (Å²) in [7, 11) is 0. The minimum atomic E-state index is -0.921. The Morgan fingerprint density at radius 2 is 1.26 bits per heavy atom. The minimum absolute atomic E-state index is 0.220. The second-order valence-corrected chi connectivity index (χ2v) is 8.03. The monoisotopic (exact) mass is 459 g/mol. The highest BCUT2D eigenvalue weighted by Gasteiger charge is 2.25. The maximum absolute atomic E-state index is 12.9. The molecule has 176 valence electrons. The van der Waals surface area contributed by atoms with Gasteiger partial charge in [0.25, 0.3) is 0 Å². The molecule has 0 saturated carbocycles. The number of amides is 3. The van der Waals surface area contributed by atoms with Gasteiger partial charge in [-0.25, -0.2) is 0 Å². The highest BCUT2D eigenvalue weighted by molar-refractivity contribution is 5.91. The predicted octanol–water partition coefficient (Wildman–Crippen LogP) is 2.53. The van der Waals surface area contributed by atoms with Crippen molar-refractivity contribution in [2.75, 3.05) is 0 Å². The Morgan fingerprint density at radius 3 is 1.82 bits per heavy atom. The van der Waals surface area contributed by atoms with Crippen LogP contribution in [0.1, 0.15) is 23.6 Å². The van der Waals surface area contributed by atoms with E-state index in [1.54, 1.807) is 0 Å². The molecule has 3 aromatic carbocycles. The van der Waals surface area contributed by atoms with E-state index in [1.165, 1.54) is 6.92 Å². The zero-order valence-corrected chi connectivity index (χ0v) is 19.1. The van der Waals surface area contributed by atoms with Crippen LogP contribution in [0, 0.1) is 0 Å². The van der Waals surface area contributed by atoms with Crippen LogP contribution in [-0.2, 0) is 33.8 Å². The number of hydrogen-bond acceptors (Lipinski definition) is 4. The summed E-state index contributed by atoms with van der Waals surface area (Å²) in [6.07, 6.45) is 0.517. The molecule has 3 aromatic rings. The van der Waals surface area contributed by atoms with E-state index >= 15 is 0 Å². The molecule has 0 aliphatic heterocycles. The molecule has 4 N–H and O–H groups in total. The zero-order valence-electron chi connectivity index (χ0n) is 19.1. The summed E-state index contributed by atoms with van der Waals surface area (Å²) in [4.78, 5) is 36.6. The summed E-state index contributed by atoms with van der Waals surface area (Å²) in [5, 5.41) is 5.34. The summed E-state index contributed by atoms with van der Waals surface area (Å²) < 4.78 is 5.79. The van der Waals surface area contributed by atoms with E-state index < -0.39 is 23.9 Å². The Morgan fingerprint density at radius 1 is 0.735 bits per heavy atom. The first kappa shape index (κ1) is 24.5. The van der Waals surface area contributed by atoms with Crippen molar-refractivity contribution in [1.82, 2.24) is 10.6 Å². The first-order valence-corrected chi connectivity index (χ1v) is 11.1. The second kappa shape index (κ2) is 12.2. The molecule has 3 rings (SSSR count). The summed E-state index contributed by atoms with van der Waals surface area (Å²) in [5.41, 5.74) is 8.33. The van der Waals surface area contributed by atoms with Crippen LogP contribution in [-0.4, -0.2) is 29.8 Å². The molecule has 7 nitrogen and oxygen atoms in total. The van der Waals surface area contributed by atoms with Gasteiger partial charge in [0.15, 0.2) is 0 Å². The Hall–Kier alpha value is -4.13. The van der Waals surface area contributed by atoms with E-state index in [9.17, 15) is 14.4 Å². The van der Waals surface area contributed by atoms with E-state index in [0.717, 1.165) is 16.7 Å². The van der Waals surface area contributed by atoms with E-state index in [4.69, 9.17) is 10.5 Å². The third-order valence-electron chi connectivity index (χ3n) is 5.25. The van der Waals surface area contributed by atoms with Crippen molar-refractivity contribution in [1.29, 1.82) is 0 Å². The van der Waals surface area contributed by atoms with Gasteiger partial charge in [-0.05, 0) is 28.8 Å². The third-order valence-corrected chi connectivity index (χ3v) is 5.25. The fourth-order valence-electron chi connectivity index (χ4n) is 3.50. The first-order valence-electron chi connectivity index (χ1n) is 11.1. The van der Waals surface area contributed by atoms with E-state index in [0.29, 0.717) is 18.8 Å². The summed E-state index contributed by atoms with van der Waals surface area (Å²) in [6, 6.07) is 24.7. The van der Waals surface area contributed by atoms with E-state index in [1.807, 2.05) is 84.9 Å². The number of nitrogens with two attached hydrogens (primary N) is 1. The van der Waals surface area contributed by atoms with Gasteiger partial charge >= 0.3 is 0 Å². The van der Waals surface area contributed by atoms with Gasteiger partial charge in [0.05, 0.1) is 0 Å². The first-order chi connectivity index (χ1) is 16.4. The topological polar surface area (TPSA) is 111 Å². The number of hydrogen-bond donors (Lipinski definition) is 3. The molecule has 0 aliphatic carbocycles. The van der Waals surface area contributed by atoms with Crippen LogP contribution in [0.15, 0.2) is 84.9 Å². The molecule has 0 spiro atoms. The van der Waals surface area contributed by atoms with Crippen LogP contribution >= 0.6 is 0 Å². The second-order valence-electron chi connectivity index (χ2n) is 8.03. The Bertz CT molecular complexity index is 1090. The normalized spacial score (nSPS) is 12.3. The van der Waals surface area contributed by atoms with Gasteiger partial charge in [0.2, 0.25) is 17.7 Å². The highest BCUT2D eigenvalue weighted by Crippen LogP contribution is 2.15.